The maximum Gasteiger partial charge on any atom is 0.122 e. The number of benzene rings is 1. The van der Waals surface area contributed by atoms with Gasteiger partial charge >= 0.3 is 0 Å². The molecular formula is C15H26N2O. The van der Waals surface area contributed by atoms with Gasteiger partial charge in [0.2, 0.25) is 0 Å². The van der Waals surface area contributed by atoms with Crippen molar-refractivity contribution in [2.45, 2.75) is 39.8 Å². The van der Waals surface area contributed by atoms with Crippen LogP contribution in [0, 0.1) is 6.92 Å². The molecule has 0 aromatic heterocycles. The minimum atomic E-state index is 0.335. The summed E-state index contributed by atoms with van der Waals surface area (Å²) in [6, 6.07) is 7.25. The average molecular weight is 250 g/mol. The number of aryl methyl sites for hydroxylation is 1. The Hall–Kier alpha value is -1.06. The van der Waals surface area contributed by atoms with E-state index >= 15 is 0 Å². The molecule has 3 heteroatoms. The number of rotatable bonds is 7. The number of ether oxygens (including phenoxy) is 1. The monoisotopic (exact) mass is 250 g/mol. The molecule has 0 aliphatic heterocycles. The maximum atomic E-state index is 5.57. The Balaban J connectivity index is 2.77. The van der Waals surface area contributed by atoms with Crippen LogP contribution in [-0.4, -0.2) is 26.2 Å². The van der Waals surface area contributed by atoms with E-state index in [9.17, 15) is 0 Å². The van der Waals surface area contributed by atoms with E-state index in [2.05, 4.69) is 49.6 Å². The molecule has 1 aromatic rings. The highest BCUT2D eigenvalue weighted by Gasteiger charge is 2.11. The van der Waals surface area contributed by atoms with Gasteiger partial charge in [0.25, 0.3) is 0 Å². The zero-order valence-electron chi connectivity index (χ0n) is 12.2. The SMILES string of the molecule is CCOc1ccc(C(CNC(C)C)NC)cc1C. The molecule has 0 heterocycles. The summed E-state index contributed by atoms with van der Waals surface area (Å²) in [7, 11) is 2.00. The van der Waals surface area contributed by atoms with Gasteiger partial charge in [0.05, 0.1) is 6.61 Å². The van der Waals surface area contributed by atoms with Gasteiger partial charge < -0.3 is 15.4 Å². The fourth-order valence-electron chi connectivity index (χ4n) is 1.95. The predicted molar refractivity (Wildman–Crippen MR) is 77.3 cm³/mol. The fourth-order valence-corrected chi connectivity index (χ4v) is 1.95. The van der Waals surface area contributed by atoms with E-state index in [1.165, 1.54) is 11.1 Å². The lowest BCUT2D eigenvalue weighted by Crippen LogP contribution is -2.33. The summed E-state index contributed by atoms with van der Waals surface area (Å²) in [5.74, 6) is 0.980. The highest BCUT2D eigenvalue weighted by atomic mass is 16.5. The molecule has 0 amide bonds. The third-order valence-electron chi connectivity index (χ3n) is 2.98. The van der Waals surface area contributed by atoms with Crippen molar-refractivity contribution in [3.05, 3.63) is 29.3 Å². The van der Waals surface area contributed by atoms with Gasteiger partial charge in [0, 0.05) is 18.6 Å². The van der Waals surface area contributed by atoms with Crippen LogP contribution in [0.1, 0.15) is 37.9 Å². The molecule has 1 atom stereocenters. The second-order valence-electron chi connectivity index (χ2n) is 4.86. The number of nitrogens with one attached hydrogen (secondary N) is 2. The number of hydrogen-bond acceptors (Lipinski definition) is 3. The molecule has 0 aliphatic carbocycles. The second-order valence-corrected chi connectivity index (χ2v) is 4.86. The van der Waals surface area contributed by atoms with Crippen molar-refractivity contribution in [3.63, 3.8) is 0 Å². The van der Waals surface area contributed by atoms with E-state index in [-0.39, 0.29) is 0 Å². The van der Waals surface area contributed by atoms with E-state index in [1.807, 2.05) is 14.0 Å². The molecule has 0 fully saturated rings. The van der Waals surface area contributed by atoms with E-state index < -0.39 is 0 Å². The third kappa shape index (κ3) is 4.31. The molecule has 0 saturated carbocycles. The van der Waals surface area contributed by atoms with Gasteiger partial charge in [-0.2, -0.15) is 0 Å². The van der Waals surface area contributed by atoms with E-state index in [0.29, 0.717) is 18.7 Å². The Morgan fingerprint density at radius 1 is 1.28 bits per heavy atom. The Kier molecular flexibility index (Phi) is 6.16. The van der Waals surface area contributed by atoms with Crippen LogP contribution in [0.15, 0.2) is 18.2 Å². The Labute approximate surface area is 111 Å². The first-order valence-electron chi connectivity index (χ1n) is 6.72. The largest absolute Gasteiger partial charge is 0.494 e. The van der Waals surface area contributed by atoms with Gasteiger partial charge in [0.15, 0.2) is 0 Å². The van der Waals surface area contributed by atoms with Gasteiger partial charge in [-0.05, 0) is 38.1 Å². The standard InChI is InChI=1S/C15H26N2O/c1-6-18-15-8-7-13(9-12(15)4)14(16-5)10-17-11(2)3/h7-9,11,14,16-17H,6,10H2,1-5H3. The molecule has 0 aliphatic rings. The van der Waals surface area contributed by atoms with Gasteiger partial charge in [-0.15, -0.1) is 0 Å². The molecule has 2 N–H and O–H groups in total. The first kappa shape index (κ1) is 15.0. The summed E-state index contributed by atoms with van der Waals surface area (Å²) in [6.45, 7) is 10.1. The summed E-state index contributed by atoms with van der Waals surface area (Å²) in [6.07, 6.45) is 0. The lowest BCUT2D eigenvalue weighted by atomic mass is 10.0. The normalized spacial score (nSPS) is 12.8. The smallest absolute Gasteiger partial charge is 0.122 e. The number of likely N-dealkylation sites (N-methyl/N-ethyl adjacent to an activating group) is 1. The highest BCUT2D eigenvalue weighted by molar-refractivity contribution is 5.37. The number of hydrogen-bond donors (Lipinski definition) is 2. The maximum absolute atomic E-state index is 5.57. The van der Waals surface area contributed by atoms with Gasteiger partial charge in [-0.3, -0.25) is 0 Å². The van der Waals surface area contributed by atoms with Gasteiger partial charge in [0.1, 0.15) is 5.75 Å². The van der Waals surface area contributed by atoms with Crippen LogP contribution >= 0.6 is 0 Å². The van der Waals surface area contributed by atoms with Crippen molar-refractivity contribution < 1.29 is 4.74 Å². The van der Waals surface area contributed by atoms with Crippen molar-refractivity contribution in [1.29, 1.82) is 0 Å². The summed E-state index contributed by atoms with van der Waals surface area (Å²) in [5.41, 5.74) is 2.49. The minimum Gasteiger partial charge on any atom is -0.494 e. The minimum absolute atomic E-state index is 0.335. The predicted octanol–water partition coefficient (Wildman–Crippen LogP) is 2.65. The van der Waals surface area contributed by atoms with Crippen LogP contribution in [0.4, 0.5) is 0 Å². The summed E-state index contributed by atoms with van der Waals surface area (Å²) in [4.78, 5) is 0. The van der Waals surface area contributed by atoms with Crippen molar-refractivity contribution in [2.24, 2.45) is 0 Å². The molecule has 1 rings (SSSR count). The summed E-state index contributed by atoms with van der Waals surface area (Å²) in [5, 5.41) is 6.81. The molecule has 1 unspecified atom stereocenters. The quantitative estimate of drug-likeness (QED) is 0.780. The van der Waals surface area contributed by atoms with Crippen molar-refractivity contribution in [1.82, 2.24) is 10.6 Å². The summed E-state index contributed by atoms with van der Waals surface area (Å²) >= 11 is 0. The Bertz CT molecular complexity index is 364. The lowest BCUT2D eigenvalue weighted by molar-refractivity contribution is 0.337. The Morgan fingerprint density at radius 3 is 2.50 bits per heavy atom. The zero-order valence-corrected chi connectivity index (χ0v) is 12.2. The molecule has 18 heavy (non-hydrogen) atoms. The fraction of sp³-hybridized carbons (Fsp3) is 0.600. The van der Waals surface area contributed by atoms with Crippen LogP contribution < -0.4 is 15.4 Å². The first-order valence-corrected chi connectivity index (χ1v) is 6.72. The second kappa shape index (κ2) is 7.39. The molecule has 102 valence electrons. The van der Waals surface area contributed by atoms with Crippen LogP contribution in [0.5, 0.6) is 5.75 Å². The van der Waals surface area contributed by atoms with Crippen LogP contribution in [-0.2, 0) is 0 Å². The first-order chi connectivity index (χ1) is 8.58. The highest BCUT2D eigenvalue weighted by Crippen LogP contribution is 2.22. The third-order valence-corrected chi connectivity index (χ3v) is 2.98. The molecule has 0 spiro atoms. The molecule has 0 saturated heterocycles. The van der Waals surface area contributed by atoms with E-state index in [1.54, 1.807) is 0 Å². The average Bonchev–Trinajstić information content (AvgIpc) is 2.33. The van der Waals surface area contributed by atoms with Gasteiger partial charge in [-0.25, -0.2) is 0 Å². The summed E-state index contributed by atoms with van der Waals surface area (Å²) < 4.78 is 5.57. The lowest BCUT2D eigenvalue weighted by Gasteiger charge is -2.20. The Morgan fingerprint density at radius 2 is 2.00 bits per heavy atom. The topological polar surface area (TPSA) is 33.3 Å². The molecule has 0 bridgehead atoms. The van der Waals surface area contributed by atoms with E-state index in [0.717, 1.165) is 12.3 Å². The molecule has 0 radical (unpaired) electrons. The van der Waals surface area contributed by atoms with Crippen molar-refractivity contribution in [3.8, 4) is 5.75 Å². The van der Waals surface area contributed by atoms with Crippen LogP contribution in [0.25, 0.3) is 0 Å². The van der Waals surface area contributed by atoms with Crippen molar-refractivity contribution >= 4 is 0 Å². The van der Waals surface area contributed by atoms with Crippen LogP contribution in [0.2, 0.25) is 0 Å². The zero-order chi connectivity index (χ0) is 13.5. The molecular weight excluding hydrogens is 224 g/mol. The van der Waals surface area contributed by atoms with Crippen molar-refractivity contribution in [2.75, 3.05) is 20.2 Å². The molecule has 3 nitrogen and oxygen atoms in total. The molecule has 1 aromatic carbocycles. The van der Waals surface area contributed by atoms with Gasteiger partial charge in [-0.1, -0.05) is 26.0 Å². The van der Waals surface area contributed by atoms with Crippen LogP contribution in [0.3, 0.4) is 0 Å². The van der Waals surface area contributed by atoms with E-state index in [4.69, 9.17) is 4.74 Å².